The number of hydrogen-bond acceptors (Lipinski definition) is 4. The standard InChI is InChI=1S/C21H13F7N4O/c22-16-6-13(4-3-12(16)9-30)31-19(33)17-7-14(18(32-17)21(26,27)28)10-1-2-11(8-29)15(5-10)20(23,24)25/h1-6,14,17-18,32H,7H2,(H,31,33). The minimum atomic E-state index is -4.96. The van der Waals surface area contributed by atoms with Crippen LogP contribution >= 0.6 is 0 Å². The molecule has 3 rings (SSSR count). The molecule has 0 spiro atoms. The average molecular weight is 470 g/mol. The molecule has 0 aromatic heterocycles. The van der Waals surface area contributed by atoms with Crippen LogP contribution in [0.2, 0.25) is 0 Å². The van der Waals surface area contributed by atoms with Crippen molar-refractivity contribution in [1.29, 1.82) is 10.5 Å². The lowest BCUT2D eigenvalue weighted by atomic mass is 9.88. The first kappa shape index (κ1) is 24.0. The maximum Gasteiger partial charge on any atom is 0.417 e. The normalized spacial score (nSPS) is 20.7. The number of benzene rings is 2. The summed E-state index contributed by atoms with van der Waals surface area (Å²) < 4.78 is 94.4. The molecule has 3 unspecified atom stereocenters. The van der Waals surface area contributed by atoms with Crippen LogP contribution in [0.4, 0.5) is 36.4 Å². The lowest BCUT2D eigenvalue weighted by Crippen LogP contribution is -2.46. The summed E-state index contributed by atoms with van der Waals surface area (Å²) in [5.74, 6) is -3.45. The van der Waals surface area contributed by atoms with E-state index in [0.717, 1.165) is 24.3 Å². The van der Waals surface area contributed by atoms with Gasteiger partial charge in [0.05, 0.1) is 28.8 Å². The van der Waals surface area contributed by atoms with E-state index >= 15 is 0 Å². The molecule has 1 heterocycles. The molecule has 33 heavy (non-hydrogen) atoms. The van der Waals surface area contributed by atoms with Crippen molar-refractivity contribution in [2.45, 2.75) is 36.8 Å². The van der Waals surface area contributed by atoms with Crippen LogP contribution in [-0.2, 0) is 11.0 Å². The number of hydrogen-bond donors (Lipinski definition) is 2. The molecule has 1 aliphatic rings. The van der Waals surface area contributed by atoms with Gasteiger partial charge in [0.25, 0.3) is 0 Å². The van der Waals surface area contributed by atoms with Crippen LogP contribution in [0.5, 0.6) is 0 Å². The van der Waals surface area contributed by atoms with E-state index in [1.807, 2.05) is 0 Å². The topological polar surface area (TPSA) is 88.7 Å². The van der Waals surface area contributed by atoms with Gasteiger partial charge in [-0.05, 0) is 42.3 Å². The molecular formula is C21H13F7N4O. The van der Waals surface area contributed by atoms with Gasteiger partial charge in [-0.1, -0.05) is 6.07 Å². The third-order valence-corrected chi connectivity index (χ3v) is 5.20. The Morgan fingerprint density at radius 3 is 2.18 bits per heavy atom. The average Bonchev–Trinajstić information content (AvgIpc) is 3.19. The number of nitrogens with zero attached hydrogens (tertiary/aromatic N) is 2. The summed E-state index contributed by atoms with van der Waals surface area (Å²) in [4.78, 5) is 12.5. The maximum absolute atomic E-state index is 13.7. The zero-order valence-corrected chi connectivity index (χ0v) is 16.4. The van der Waals surface area contributed by atoms with Gasteiger partial charge >= 0.3 is 12.4 Å². The molecule has 0 saturated carbocycles. The van der Waals surface area contributed by atoms with Crippen molar-refractivity contribution in [3.05, 3.63) is 64.5 Å². The summed E-state index contributed by atoms with van der Waals surface area (Å²) in [6.07, 6.45) is -10.4. The number of carbonyl (C=O) groups excluding carboxylic acids is 1. The highest BCUT2D eigenvalue weighted by molar-refractivity contribution is 5.95. The van der Waals surface area contributed by atoms with E-state index in [1.165, 1.54) is 12.1 Å². The van der Waals surface area contributed by atoms with Crippen LogP contribution in [0.15, 0.2) is 36.4 Å². The van der Waals surface area contributed by atoms with Gasteiger partial charge < -0.3 is 5.32 Å². The van der Waals surface area contributed by atoms with Gasteiger partial charge in [0.2, 0.25) is 5.91 Å². The molecule has 1 amide bonds. The fourth-order valence-corrected chi connectivity index (χ4v) is 3.66. The lowest BCUT2D eigenvalue weighted by molar-refractivity contribution is -0.156. The molecule has 0 aliphatic carbocycles. The van der Waals surface area contributed by atoms with Crippen molar-refractivity contribution in [1.82, 2.24) is 5.32 Å². The Morgan fingerprint density at radius 1 is 1.00 bits per heavy atom. The van der Waals surface area contributed by atoms with Crippen molar-refractivity contribution in [3.63, 3.8) is 0 Å². The molecular weight excluding hydrogens is 457 g/mol. The van der Waals surface area contributed by atoms with Crippen molar-refractivity contribution in [2.75, 3.05) is 5.32 Å². The second kappa shape index (κ2) is 8.71. The van der Waals surface area contributed by atoms with Gasteiger partial charge in [0, 0.05) is 11.6 Å². The second-order valence-electron chi connectivity index (χ2n) is 7.29. The van der Waals surface area contributed by atoms with Crippen LogP contribution < -0.4 is 10.6 Å². The van der Waals surface area contributed by atoms with Crippen molar-refractivity contribution in [3.8, 4) is 12.1 Å². The van der Waals surface area contributed by atoms with Crippen molar-refractivity contribution < 1.29 is 35.5 Å². The van der Waals surface area contributed by atoms with E-state index in [1.54, 1.807) is 6.07 Å². The molecule has 2 N–H and O–H groups in total. The van der Waals surface area contributed by atoms with Crippen molar-refractivity contribution >= 4 is 11.6 Å². The number of halogens is 7. The van der Waals surface area contributed by atoms with E-state index in [2.05, 4.69) is 10.6 Å². The van der Waals surface area contributed by atoms with Crippen LogP contribution in [-0.4, -0.2) is 24.2 Å². The number of rotatable bonds is 3. The Bertz CT molecular complexity index is 1160. The summed E-state index contributed by atoms with van der Waals surface area (Å²) >= 11 is 0. The molecule has 1 saturated heterocycles. The van der Waals surface area contributed by atoms with Crippen molar-refractivity contribution in [2.24, 2.45) is 0 Å². The Morgan fingerprint density at radius 2 is 1.64 bits per heavy atom. The van der Waals surface area contributed by atoms with Crippen LogP contribution in [0.25, 0.3) is 0 Å². The minimum Gasteiger partial charge on any atom is -0.325 e. The first-order valence-electron chi connectivity index (χ1n) is 9.29. The Kier molecular flexibility index (Phi) is 6.34. The van der Waals surface area contributed by atoms with Crippen LogP contribution in [0.1, 0.15) is 34.6 Å². The van der Waals surface area contributed by atoms with E-state index in [-0.39, 0.29) is 16.8 Å². The fraction of sp³-hybridized carbons (Fsp3) is 0.286. The molecule has 5 nitrogen and oxygen atoms in total. The zero-order chi connectivity index (χ0) is 24.6. The van der Waals surface area contributed by atoms with Gasteiger partial charge in [-0.3, -0.25) is 10.1 Å². The number of carbonyl (C=O) groups is 1. The number of alkyl halides is 6. The zero-order valence-electron chi connectivity index (χ0n) is 16.4. The Hall–Kier alpha value is -3.64. The highest BCUT2D eigenvalue weighted by Crippen LogP contribution is 2.42. The molecule has 0 bridgehead atoms. The minimum absolute atomic E-state index is 0.108. The van der Waals surface area contributed by atoms with Gasteiger partial charge in [-0.15, -0.1) is 0 Å². The smallest absolute Gasteiger partial charge is 0.325 e. The number of nitriles is 2. The van der Waals surface area contributed by atoms with Gasteiger partial charge in [-0.25, -0.2) is 4.39 Å². The first-order chi connectivity index (χ1) is 15.3. The molecule has 1 fully saturated rings. The summed E-state index contributed by atoms with van der Waals surface area (Å²) in [6, 6.07) is 4.49. The maximum atomic E-state index is 13.7. The highest BCUT2D eigenvalue weighted by Gasteiger charge is 2.52. The number of anilines is 1. The summed E-state index contributed by atoms with van der Waals surface area (Å²) in [5, 5.41) is 21.9. The molecule has 2 aromatic carbocycles. The van der Waals surface area contributed by atoms with Crippen LogP contribution in [0, 0.1) is 28.5 Å². The van der Waals surface area contributed by atoms with E-state index < -0.39 is 59.6 Å². The molecule has 172 valence electrons. The first-order valence-corrected chi connectivity index (χ1v) is 9.29. The second-order valence-corrected chi connectivity index (χ2v) is 7.29. The summed E-state index contributed by atoms with van der Waals surface area (Å²) in [6.45, 7) is 0. The highest BCUT2D eigenvalue weighted by atomic mass is 19.4. The van der Waals surface area contributed by atoms with E-state index in [4.69, 9.17) is 10.5 Å². The van der Waals surface area contributed by atoms with E-state index in [9.17, 15) is 35.5 Å². The fourth-order valence-electron chi connectivity index (χ4n) is 3.66. The Labute approximate surface area is 182 Å². The predicted molar refractivity (Wildman–Crippen MR) is 100 cm³/mol. The number of amides is 1. The lowest BCUT2D eigenvalue weighted by Gasteiger charge is -2.23. The largest absolute Gasteiger partial charge is 0.417 e. The third kappa shape index (κ3) is 5.07. The molecule has 2 aromatic rings. The van der Waals surface area contributed by atoms with Gasteiger partial charge in [-0.2, -0.15) is 36.9 Å². The summed E-state index contributed by atoms with van der Waals surface area (Å²) in [7, 11) is 0. The summed E-state index contributed by atoms with van der Waals surface area (Å²) in [5.41, 5.74) is -2.85. The molecule has 0 radical (unpaired) electrons. The molecule has 1 aliphatic heterocycles. The molecule has 12 heteroatoms. The predicted octanol–water partition coefficient (Wildman–Crippen LogP) is 4.60. The van der Waals surface area contributed by atoms with E-state index in [0.29, 0.717) is 6.07 Å². The molecule has 3 atom stereocenters. The van der Waals surface area contributed by atoms with Gasteiger partial charge in [0.1, 0.15) is 17.9 Å². The van der Waals surface area contributed by atoms with Crippen LogP contribution in [0.3, 0.4) is 0 Å². The quantitative estimate of drug-likeness (QED) is 0.642. The monoisotopic (exact) mass is 470 g/mol. The Balaban J connectivity index is 1.90. The third-order valence-electron chi connectivity index (χ3n) is 5.20. The number of nitrogens with one attached hydrogen (secondary N) is 2. The van der Waals surface area contributed by atoms with Gasteiger partial charge in [0.15, 0.2) is 0 Å². The SMILES string of the molecule is N#Cc1ccc(NC(=O)C2CC(c3ccc(C#N)c(C(F)(F)F)c3)C(C(F)(F)F)N2)cc1F.